The lowest BCUT2D eigenvalue weighted by Gasteiger charge is -2.40. The van der Waals surface area contributed by atoms with Crippen molar-refractivity contribution in [3.63, 3.8) is 0 Å². The minimum Gasteiger partial charge on any atom is -0.350 e. The number of hydrogen-bond acceptors (Lipinski definition) is 3. The lowest BCUT2D eigenvalue weighted by atomic mass is 9.99. The molecule has 0 saturated carbocycles. The van der Waals surface area contributed by atoms with Gasteiger partial charge in [0.1, 0.15) is 6.04 Å². The van der Waals surface area contributed by atoms with E-state index in [2.05, 4.69) is 17.4 Å². The Balaban J connectivity index is 1.85. The van der Waals surface area contributed by atoms with Crippen molar-refractivity contribution < 1.29 is 9.59 Å². The third kappa shape index (κ3) is 7.22. The Morgan fingerprint density at radius 2 is 1.30 bits per heavy atom. The number of benzene rings is 3. The van der Waals surface area contributed by atoms with Gasteiger partial charge >= 0.3 is 0 Å². The fourth-order valence-corrected chi connectivity index (χ4v) is 4.92. The van der Waals surface area contributed by atoms with Gasteiger partial charge in [-0.05, 0) is 30.5 Å². The fraction of sp³-hybridized carbons (Fsp3) is 0.286. The first kappa shape index (κ1) is 24.6. The standard InChI is InChI=1S/C28H32N2O2S/c1-22(31)30(20-24-15-9-5-10-16-24)26(27(32)29-19-23-13-7-4-8-14-23)28(2,3)33-21-25-17-11-6-12-18-25/h4-18,26H,19-21H2,1-3H3,(H,29,32). The summed E-state index contributed by atoms with van der Waals surface area (Å²) in [6, 6.07) is 29.2. The van der Waals surface area contributed by atoms with E-state index in [1.807, 2.05) is 92.7 Å². The molecule has 0 aliphatic heterocycles. The monoisotopic (exact) mass is 460 g/mol. The Morgan fingerprint density at radius 1 is 0.818 bits per heavy atom. The predicted octanol–water partition coefficient (Wildman–Crippen LogP) is 5.43. The summed E-state index contributed by atoms with van der Waals surface area (Å²) in [6.07, 6.45) is 0. The van der Waals surface area contributed by atoms with E-state index in [1.54, 1.807) is 23.6 Å². The molecule has 172 valence electrons. The number of hydrogen-bond donors (Lipinski definition) is 1. The normalized spacial score (nSPS) is 12.1. The van der Waals surface area contributed by atoms with Gasteiger partial charge < -0.3 is 10.2 Å². The van der Waals surface area contributed by atoms with Crippen molar-refractivity contribution in [1.29, 1.82) is 0 Å². The minimum absolute atomic E-state index is 0.118. The van der Waals surface area contributed by atoms with E-state index >= 15 is 0 Å². The number of nitrogens with zero attached hydrogens (tertiary/aromatic N) is 1. The molecule has 4 nitrogen and oxygen atoms in total. The molecule has 1 atom stereocenters. The van der Waals surface area contributed by atoms with Crippen LogP contribution in [0.2, 0.25) is 0 Å². The van der Waals surface area contributed by atoms with Crippen LogP contribution in [0.25, 0.3) is 0 Å². The topological polar surface area (TPSA) is 49.4 Å². The minimum atomic E-state index is -0.632. The van der Waals surface area contributed by atoms with Crippen LogP contribution in [0.3, 0.4) is 0 Å². The third-order valence-corrected chi connectivity index (χ3v) is 7.03. The first-order valence-corrected chi connectivity index (χ1v) is 12.2. The molecule has 0 radical (unpaired) electrons. The van der Waals surface area contributed by atoms with Crippen LogP contribution in [0, 0.1) is 0 Å². The molecule has 3 aromatic rings. The molecule has 0 aromatic heterocycles. The molecule has 3 rings (SSSR count). The second-order valence-electron chi connectivity index (χ2n) is 8.62. The SMILES string of the molecule is CC(=O)N(Cc1ccccc1)C(C(=O)NCc1ccccc1)C(C)(C)SCc1ccccc1. The smallest absolute Gasteiger partial charge is 0.244 e. The van der Waals surface area contributed by atoms with Crippen molar-refractivity contribution in [3.05, 3.63) is 108 Å². The van der Waals surface area contributed by atoms with Crippen LogP contribution >= 0.6 is 11.8 Å². The number of nitrogens with one attached hydrogen (secondary N) is 1. The van der Waals surface area contributed by atoms with Crippen LogP contribution in [-0.4, -0.2) is 27.5 Å². The Morgan fingerprint density at radius 3 is 1.82 bits per heavy atom. The van der Waals surface area contributed by atoms with Crippen LogP contribution in [0.1, 0.15) is 37.5 Å². The zero-order valence-electron chi connectivity index (χ0n) is 19.5. The van der Waals surface area contributed by atoms with E-state index in [-0.39, 0.29) is 11.8 Å². The van der Waals surface area contributed by atoms with Crippen molar-refractivity contribution in [3.8, 4) is 0 Å². The first-order valence-electron chi connectivity index (χ1n) is 11.2. The molecular weight excluding hydrogens is 428 g/mol. The van der Waals surface area contributed by atoms with Gasteiger partial charge in [0.25, 0.3) is 0 Å². The molecule has 2 amide bonds. The largest absolute Gasteiger partial charge is 0.350 e. The van der Waals surface area contributed by atoms with Crippen molar-refractivity contribution in [2.45, 2.75) is 50.4 Å². The number of rotatable bonds is 10. The molecule has 3 aromatic carbocycles. The van der Waals surface area contributed by atoms with Gasteiger partial charge in [-0.25, -0.2) is 0 Å². The van der Waals surface area contributed by atoms with Crippen LogP contribution in [0.15, 0.2) is 91.0 Å². The van der Waals surface area contributed by atoms with Crippen LogP contribution < -0.4 is 5.32 Å². The molecule has 0 aliphatic carbocycles. The summed E-state index contributed by atoms with van der Waals surface area (Å²) in [7, 11) is 0. The zero-order chi connectivity index (χ0) is 23.7. The van der Waals surface area contributed by atoms with Crippen molar-refractivity contribution in [2.24, 2.45) is 0 Å². The van der Waals surface area contributed by atoms with E-state index in [1.165, 1.54) is 5.56 Å². The van der Waals surface area contributed by atoms with E-state index in [0.29, 0.717) is 13.1 Å². The Labute approximate surface area is 201 Å². The Bertz CT molecular complexity index is 1020. The second kappa shape index (κ2) is 11.7. The molecule has 0 bridgehead atoms. The zero-order valence-corrected chi connectivity index (χ0v) is 20.3. The van der Waals surface area contributed by atoms with Gasteiger partial charge in [-0.15, -0.1) is 11.8 Å². The maximum atomic E-state index is 13.6. The van der Waals surface area contributed by atoms with E-state index in [9.17, 15) is 9.59 Å². The maximum absolute atomic E-state index is 13.6. The lowest BCUT2D eigenvalue weighted by Crippen LogP contribution is -2.57. The van der Waals surface area contributed by atoms with Gasteiger partial charge in [-0.3, -0.25) is 9.59 Å². The fourth-order valence-electron chi connectivity index (χ4n) is 3.80. The van der Waals surface area contributed by atoms with E-state index in [0.717, 1.165) is 16.9 Å². The summed E-state index contributed by atoms with van der Waals surface area (Å²) in [4.78, 5) is 28.1. The molecule has 0 heterocycles. The summed E-state index contributed by atoms with van der Waals surface area (Å²) in [5.74, 6) is 0.496. The quantitative estimate of drug-likeness (QED) is 0.439. The Hall–Kier alpha value is -3.05. The van der Waals surface area contributed by atoms with Crippen LogP contribution in [-0.2, 0) is 28.4 Å². The molecule has 1 N–H and O–H groups in total. The summed E-state index contributed by atoms with van der Waals surface area (Å²) < 4.78 is -0.517. The number of carbonyl (C=O) groups excluding carboxylic acids is 2. The average molecular weight is 461 g/mol. The number of thioether (sulfide) groups is 1. The van der Waals surface area contributed by atoms with Crippen molar-refractivity contribution >= 4 is 23.6 Å². The molecule has 1 unspecified atom stereocenters. The number of carbonyl (C=O) groups is 2. The van der Waals surface area contributed by atoms with Gasteiger partial charge in [-0.1, -0.05) is 91.0 Å². The first-order chi connectivity index (χ1) is 15.9. The summed E-state index contributed by atoms with van der Waals surface area (Å²) in [5.41, 5.74) is 3.21. The van der Waals surface area contributed by atoms with Gasteiger partial charge in [0.15, 0.2) is 0 Å². The molecule has 0 spiro atoms. The number of amides is 2. The maximum Gasteiger partial charge on any atom is 0.244 e. The summed E-state index contributed by atoms with van der Waals surface area (Å²) in [5, 5.41) is 3.08. The van der Waals surface area contributed by atoms with Gasteiger partial charge in [0, 0.05) is 30.5 Å². The van der Waals surface area contributed by atoms with E-state index in [4.69, 9.17) is 0 Å². The Kier molecular flexibility index (Phi) is 8.72. The highest BCUT2D eigenvalue weighted by atomic mass is 32.2. The van der Waals surface area contributed by atoms with Gasteiger partial charge in [0.05, 0.1) is 0 Å². The molecule has 0 aliphatic rings. The van der Waals surface area contributed by atoms with Crippen molar-refractivity contribution in [2.75, 3.05) is 0 Å². The highest BCUT2D eigenvalue weighted by Crippen LogP contribution is 2.35. The van der Waals surface area contributed by atoms with Crippen LogP contribution in [0.4, 0.5) is 0 Å². The molecule has 0 saturated heterocycles. The van der Waals surface area contributed by atoms with Gasteiger partial charge in [0.2, 0.25) is 11.8 Å². The van der Waals surface area contributed by atoms with Crippen molar-refractivity contribution in [1.82, 2.24) is 10.2 Å². The van der Waals surface area contributed by atoms with E-state index < -0.39 is 10.8 Å². The second-order valence-corrected chi connectivity index (χ2v) is 10.2. The van der Waals surface area contributed by atoms with Gasteiger partial charge in [-0.2, -0.15) is 0 Å². The lowest BCUT2D eigenvalue weighted by molar-refractivity contribution is -0.140. The van der Waals surface area contributed by atoms with Crippen LogP contribution in [0.5, 0.6) is 0 Å². The highest BCUT2D eigenvalue weighted by Gasteiger charge is 2.41. The predicted molar refractivity (Wildman–Crippen MR) is 137 cm³/mol. The average Bonchev–Trinajstić information content (AvgIpc) is 2.83. The summed E-state index contributed by atoms with van der Waals surface area (Å²) in [6.45, 7) is 6.45. The molecule has 5 heteroatoms. The molecular formula is C28H32N2O2S. The highest BCUT2D eigenvalue weighted by molar-refractivity contribution is 7.99. The molecule has 0 fully saturated rings. The summed E-state index contributed by atoms with van der Waals surface area (Å²) >= 11 is 1.69. The third-order valence-electron chi connectivity index (χ3n) is 5.58. The molecule has 33 heavy (non-hydrogen) atoms.